The molecule has 7 heteroatoms. The van der Waals surface area contributed by atoms with Crippen molar-refractivity contribution in [2.45, 2.75) is 12.8 Å². The number of hydrogen-bond donors (Lipinski definition) is 2. The van der Waals surface area contributed by atoms with Gasteiger partial charge in [0.05, 0.1) is 9.26 Å². The zero-order chi connectivity index (χ0) is 13.8. The van der Waals surface area contributed by atoms with Crippen LogP contribution in [0.1, 0.15) is 12.8 Å². The number of rotatable bonds is 3. The van der Waals surface area contributed by atoms with Crippen molar-refractivity contribution >= 4 is 46.0 Å². The summed E-state index contributed by atoms with van der Waals surface area (Å²) < 4.78 is 1.03. The Morgan fingerprint density at radius 2 is 2.26 bits per heavy atom. The van der Waals surface area contributed by atoms with E-state index in [0.717, 1.165) is 28.6 Å². The highest BCUT2D eigenvalue weighted by molar-refractivity contribution is 14.1. The molecule has 1 saturated heterocycles. The second-order valence-electron chi connectivity index (χ2n) is 4.58. The van der Waals surface area contributed by atoms with E-state index in [1.54, 1.807) is 6.20 Å². The smallest absolute Gasteiger partial charge is 0.407 e. The molecule has 0 atom stereocenters. The summed E-state index contributed by atoms with van der Waals surface area (Å²) in [5.41, 5.74) is 0.987. The standard InChI is InChI=1S/C12H15ClIN3O2/c13-11-5-10(9(14)7-16-11)15-6-8-1-3-17(4-2-8)12(18)19/h5,7-8H,1-4,6H2,(H,15,16)(H,18,19). The molecule has 0 spiro atoms. The van der Waals surface area contributed by atoms with Crippen LogP contribution < -0.4 is 5.32 Å². The van der Waals surface area contributed by atoms with E-state index in [4.69, 9.17) is 16.7 Å². The van der Waals surface area contributed by atoms with Gasteiger partial charge in [-0.3, -0.25) is 0 Å². The third kappa shape index (κ3) is 4.10. The number of halogens is 2. The number of nitrogens with zero attached hydrogens (tertiary/aromatic N) is 2. The van der Waals surface area contributed by atoms with Gasteiger partial charge in [0, 0.05) is 25.8 Å². The van der Waals surface area contributed by atoms with Crippen LogP contribution in [0.5, 0.6) is 0 Å². The van der Waals surface area contributed by atoms with Crippen LogP contribution >= 0.6 is 34.2 Å². The van der Waals surface area contributed by atoms with Crippen LogP contribution in [0, 0.1) is 9.49 Å². The summed E-state index contributed by atoms with van der Waals surface area (Å²) in [5.74, 6) is 0.498. The van der Waals surface area contributed by atoms with Gasteiger partial charge in [0.25, 0.3) is 0 Å². The van der Waals surface area contributed by atoms with Crippen LogP contribution in [-0.2, 0) is 0 Å². The molecule has 0 radical (unpaired) electrons. The fourth-order valence-electron chi connectivity index (χ4n) is 2.13. The van der Waals surface area contributed by atoms with Gasteiger partial charge < -0.3 is 15.3 Å². The molecule has 5 nitrogen and oxygen atoms in total. The molecule has 1 fully saturated rings. The number of likely N-dealkylation sites (tertiary alicyclic amines) is 1. The minimum atomic E-state index is -0.818. The summed E-state index contributed by atoms with van der Waals surface area (Å²) in [7, 11) is 0. The predicted octanol–water partition coefficient (Wildman–Crippen LogP) is 3.14. The topological polar surface area (TPSA) is 65.5 Å². The van der Waals surface area contributed by atoms with E-state index in [9.17, 15) is 4.79 Å². The molecule has 104 valence electrons. The van der Waals surface area contributed by atoms with Crippen molar-refractivity contribution in [3.8, 4) is 0 Å². The first-order chi connectivity index (χ1) is 9.06. The summed E-state index contributed by atoms with van der Waals surface area (Å²) in [6.45, 7) is 2.08. The van der Waals surface area contributed by atoms with E-state index < -0.39 is 6.09 Å². The Morgan fingerprint density at radius 1 is 1.58 bits per heavy atom. The van der Waals surface area contributed by atoms with Crippen LogP contribution in [0.2, 0.25) is 5.15 Å². The predicted molar refractivity (Wildman–Crippen MR) is 82.8 cm³/mol. The minimum Gasteiger partial charge on any atom is -0.465 e. The monoisotopic (exact) mass is 395 g/mol. The summed E-state index contributed by atoms with van der Waals surface area (Å²) in [5, 5.41) is 12.7. The lowest BCUT2D eigenvalue weighted by molar-refractivity contribution is 0.126. The molecule has 2 N–H and O–H groups in total. The molecule has 19 heavy (non-hydrogen) atoms. The molecule has 0 bridgehead atoms. The summed E-state index contributed by atoms with van der Waals surface area (Å²) in [6, 6.07) is 1.82. The number of nitrogens with one attached hydrogen (secondary N) is 1. The number of pyridine rings is 1. The van der Waals surface area contributed by atoms with Gasteiger partial charge in [-0.1, -0.05) is 11.6 Å². The highest BCUT2D eigenvalue weighted by atomic mass is 127. The third-order valence-electron chi connectivity index (χ3n) is 3.29. The van der Waals surface area contributed by atoms with E-state index in [-0.39, 0.29) is 0 Å². The molecule has 1 aliphatic heterocycles. The van der Waals surface area contributed by atoms with Crippen molar-refractivity contribution in [2.24, 2.45) is 5.92 Å². The molecule has 1 aliphatic rings. The van der Waals surface area contributed by atoms with Crippen molar-refractivity contribution in [2.75, 3.05) is 25.0 Å². The van der Waals surface area contributed by atoms with Crippen LogP contribution in [-0.4, -0.2) is 40.7 Å². The third-order valence-corrected chi connectivity index (χ3v) is 4.35. The number of amides is 1. The Bertz CT molecular complexity index is 464. The average molecular weight is 396 g/mol. The average Bonchev–Trinajstić information content (AvgIpc) is 2.40. The quantitative estimate of drug-likeness (QED) is 0.609. The van der Waals surface area contributed by atoms with Crippen molar-refractivity contribution in [1.82, 2.24) is 9.88 Å². The minimum absolute atomic E-state index is 0.476. The zero-order valence-electron chi connectivity index (χ0n) is 10.3. The van der Waals surface area contributed by atoms with Crippen LogP contribution in [0.25, 0.3) is 0 Å². The largest absolute Gasteiger partial charge is 0.465 e. The Hall–Kier alpha value is -0.760. The summed E-state index contributed by atoms with van der Waals surface area (Å²) in [4.78, 5) is 16.3. The Labute approximate surface area is 130 Å². The van der Waals surface area contributed by atoms with Gasteiger partial charge >= 0.3 is 6.09 Å². The summed E-state index contributed by atoms with van der Waals surface area (Å²) >= 11 is 8.08. The highest BCUT2D eigenvalue weighted by Gasteiger charge is 2.22. The molecule has 0 aliphatic carbocycles. The fraction of sp³-hybridized carbons (Fsp3) is 0.500. The number of carboxylic acid groups (broad SMARTS) is 1. The molecule has 1 aromatic heterocycles. The van der Waals surface area contributed by atoms with Gasteiger partial charge in [-0.05, 0) is 47.4 Å². The second kappa shape index (κ2) is 6.60. The second-order valence-corrected chi connectivity index (χ2v) is 6.13. The normalized spacial score (nSPS) is 16.4. The number of hydrogen-bond acceptors (Lipinski definition) is 3. The Balaban J connectivity index is 1.83. The van der Waals surface area contributed by atoms with Gasteiger partial charge in [-0.2, -0.15) is 0 Å². The number of aromatic nitrogens is 1. The van der Waals surface area contributed by atoms with Gasteiger partial charge in [-0.25, -0.2) is 9.78 Å². The molecule has 2 rings (SSSR count). The molecule has 1 amide bonds. The van der Waals surface area contributed by atoms with E-state index in [1.807, 2.05) is 6.07 Å². The van der Waals surface area contributed by atoms with Gasteiger partial charge in [0.2, 0.25) is 0 Å². The Morgan fingerprint density at radius 3 is 2.89 bits per heavy atom. The molecule has 0 unspecified atom stereocenters. The van der Waals surface area contributed by atoms with Crippen molar-refractivity contribution < 1.29 is 9.90 Å². The Kier molecular flexibility index (Phi) is 5.09. The van der Waals surface area contributed by atoms with Crippen LogP contribution in [0.4, 0.5) is 10.5 Å². The first kappa shape index (κ1) is 14.6. The van der Waals surface area contributed by atoms with Crippen molar-refractivity contribution in [3.63, 3.8) is 0 Å². The highest BCUT2D eigenvalue weighted by Crippen LogP contribution is 2.23. The van der Waals surface area contributed by atoms with E-state index >= 15 is 0 Å². The molecule has 2 heterocycles. The lowest BCUT2D eigenvalue weighted by Crippen LogP contribution is -2.39. The van der Waals surface area contributed by atoms with Crippen LogP contribution in [0.3, 0.4) is 0 Å². The number of piperidine rings is 1. The summed E-state index contributed by atoms with van der Waals surface area (Å²) in [6.07, 6.45) is 2.71. The molecule has 0 saturated carbocycles. The fourth-order valence-corrected chi connectivity index (χ4v) is 2.77. The molecular weight excluding hydrogens is 381 g/mol. The number of anilines is 1. The SMILES string of the molecule is O=C(O)N1CCC(CNc2cc(Cl)ncc2I)CC1. The number of carbonyl (C=O) groups is 1. The maximum Gasteiger partial charge on any atom is 0.407 e. The maximum absolute atomic E-state index is 10.8. The zero-order valence-corrected chi connectivity index (χ0v) is 13.2. The molecular formula is C12H15ClIN3O2. The van der Waals surface area contributed by atoms with E-state index in [0.29, 0.717) is 24.2 Å². The maximum atomic E-state index is 10.8. The van der Waals surface area contributed by atoms with E-state index in [1.165, 1.54) is 4.90 Å². The van der Waals surface area contributed by atoms with Crippen molar-refractivity contribution in [1.29, 1.82) is 0 Å². The first-order valence-corrected chi connectivity index (χ1v) is 7.54. The van der Waals surface area contributed by atoms with Crippen LogP contribution in [0.15, 0.2) is 12.3 Å². The lowest BCUT2D eigenvalue weighted by atomic mass is 9.97. The molecule has 1 aromatic rings. The van der Waals surface area contributed by atoms with Gasteiger partial charge in [0.1, 0.15) is 5.15 Å². The lowest BCUT2D eigenvalue weighted by Gasteiger charge is -2.30. The van der Waals surface area contributed by atoms with Gasteiger partial charge in [0.15, 0.2) is 0 Å². The van der Waals surface area contributed by atoms with Gasteiger partial charge in [-0.15, -0.1) is 0 Å². The van der Waals surface area contributed by atoms with Crippen molar-refractivity contribution in [3.05, 3.63) is 21.0 Å². The van der Waals surface area contributed by atoms with E-state index in [2.05, 4.69) is 32.9 Å². The first-order valence-electron chi connectivity index (χ1n) is 6.09. The molecule has 0 aromatic carbocycles.